The Bertz CT molecular complexity index is 749. The number of fused-ring (bicyclic) bond motifs is 1. The van der Waals surface area contributed by atoms with E-state index in [-0.39, 0.29) is 0 Å². The minimum absolute atomic E-state index is 0.556. The molecule has 3 aromatic rings. The molecule has 6 nitrogen and oxygen atoms in total. The van der Waals surface area contributed by atoms with Crippen LogP contribution < -0.4 is 5.32 Å². The molecule has 2 heterocycles. The fourth-order valence-electron chi connectivity index (χ4n) is 2.17. The van der Waals surface area contributed by atoms with E-state index in [0.29, 0.717) is 5.95 Å². The van der Waals surface area contributed by atoms with Crippen LogP contribution in [-0.4, -0.2) is 31.5 Å². The quantitative estimate of drug-likeness (QED) is 0.725. The highest BCUT2D eigenvalue weighted by Crippen LogP contribution is 2.14. The molecule has 0 unspecified atom stereocenters. The van der Waals surface area contributed by atoms with Gasteiger partial charge in [-0.1, -0.05) is 24.3 Å². The van der Waals surface area contributed by atoms with E-state index in [4.69, 9.17) is 0 Å². The topological polar surface area (TPSA) is 68.5 Å². The molecule has 0 amide bonds. The molecule has 1 aromatic carbocycles. The third kappa shape index (κ3) is 2.75. The maximum absolute atomic E-state index is 4.55. The van der Waals surface area contributed by atoms with E-state index in [0.717, 1.165) is 41.8 Å². The molecule has 0 saturated carbocycles. The second-order valence-corrected chi connectivity index (χ2v) is 4.95. The number of aromatic nitrogens is 5. The van der Waals surface area contributed by atoms with Crippen molar-refractivity contribution in [2.45, 2.75) is 26.8 Å². The average Bonchev–Trinajstić information content (AvgIpc) is 2.93. The summed E-state index contributed by atoms with van der Waals surface area (Å²) in [5.74, 6) is 0.556. The normalized spacial score (nSPS) is 11.1. The van der Waals surface area contributed by atoms with Gasteiger partial charge in [-0.2, -0.15) is 4.68 Å². The van der Waals surface area contributed by atoms with Crippen LogP contribution in [0, 0.1) is 6.92 Å². The lowest BCUT2D eigenvalue weighted by molar-refractivity contribution is 0.665. The van der Waals surface area contributed by atoms with Gasteiger partial charge in [0.05, 0.1) is 5.52 Å². The molecule has 0 fully saturated rings. The molecular formula is C15H18N6. The molecule has 1 N–H and O–H groups in total. The van der Waals surface area contributed by atoms with E-state index in [1.165, 1.54) is 0 Å². The molecule has 6 heteroatoms. The largest absolute Gasteiger partial charge is 0.313 e. The Kier molecular flexibility index (Phi) is 3.87. The first-order chi connectivity index (χ1) is 10.3. The zero-order valence-electron chi connectivity index (χ0n) is 12.2. The van der Waals surface area contributed by atoms with Gasteiger partial charge in [-0.15, -0.1) is 5.10 Å². The van der Waals surface area contributed by atoms with Gasteiger partial charge in [0.1, 0.15) is 5.52 Å². The van der Waals surface area contributed by atoms with Crippen LogP contribution in [0.5, 0.6) is 0 Å². The number of hydrogen-bond donors (Lipinski definition) is 1. The molecule has 0 radical (unpaired) electrons. The second-order valence-electron chi connectivity index (χ2n) is 4.95. The van der Waals surface area contributed by atoms with Crippen LogP contribution in [0.15, 0.2) is 30.5 Å². The maximum atomic E-state index is 4.55. The molecule has 21 heavy (non-hydrogen) atoms. The Labute approximate surface area is 123 Å². The molecule has 3 rings (SSSR count). The van der Waals surface area contributed by atoms with E-state index < -0.39 is 0 Å². The summed E-state index contributed by atoms with van der Waals surface area (Å²) in [5.41, 5.74) is 3.82. The van der Waals surface area contributed by atoms with Crippen LogP contribution in [0.1, 0.15) is 24.6 Å². The second kappa shape index (κ2) is 5.97. The maximum Gasteiger partial charge on any atom is 0.252 e. The van der Waals surface area contributed by atoms with Crippen molar-refractivity contribution in [3.63, 3.8) is 0 Å². The molecule has 0 aliphatic heterocycles. The molecule has 2 aromatic heterocycles. The third-order valence-corrected chi connectivity index (χ3v) is 3.35. The molecular weight excluding hydrogens is 264 g/mol. The highest BCUT2D eigenvalue weighted by Gasteiger charge is 2.10. The van der Waals surface area contributed by atoms with Crippen molar-refractivity contribution in [3.05, 3.63) is 41.7 Å². The third-order valence-electron chi connectivity index (χ3n) is 3.35. The standard InChI is InChI=1S/C15H18N6/c1-3-8-16-9-12-10-17-15(18-11(12)2)21-14-7-5-4-6-13(14)19-20-21/h4-7,10,16H,3,8-9H2,1-2H3. The Morgan fingerprint density at radius 3 is 2.90 bits per heavy atom. The number of nitrogens with zero attached hydrogens (tertiary/aromatic N) is 5. The average molecular weight is 282 g/mol. The number of rotatable bonds is 5. The number of hydrogen-bond acceptors (Lipinski definition) is 5. The molecule has 0 saturated heterocycles. The SMILES string of the molecule is CCCNCc1cnc(-n2nnc3ccccc32)nc1C. The molecule has 0 atom stereocenters. The lowest BCUT2D eigenvalue weighted by Crippen LogP contribution is -2.16. The highest BCUT2D eigenvalue weighted by atomic mass is 15.5. The Morgan fingerprint density at radius 1 is 1.24 bits per heavy atom. The first-order valence-corrected chi connectivity index (χ1v) is 7.13. The summed E-state index contributed by atoms with van der Waals surface area (Å²) in [5, 5.41) is 11.6. The minimum atomic E-state index is 0.556. The number of aryl methyl sites for hydroxylation is 1. The first-order valence-electron chi connectivity index (χ1n) is 7.13. The van der Waals surface area contributed by atoms with Gasteiger partial charge in [-0.25, -0.2) is 9.97 Å². The van der Waals surface area contributed by atoms with Gasteiger partial charge in [-0.05, 0) is 32.0 Å². The predicted molar refractivity (Wildman–Crippen MR) is 81.2 cm³/mol. The number of benzene rings is 1. The summed E-state index contributed by atoms with van der Waals surface area (Å²) in [6.07, 6.45) is 2.97. The lowest BCUT2D eigenvalue weighted by atomic mass is 10.2. The van der Waals surface area contributed by atoms with Crippen molar-refractivity contribution >= 4 is 11.0 Å². The number of nitrogens with one attached hydrogen (secondary N) is 1. The monoisotopic (exact) mass is 282 g/mol. The van der Waals surface area contributed by atoms with E-state index >= 15 is 0 Å². The van der Waals surface area contributed by atoms with Gasteiger partial charge < -0.3 is 5.32 Å². The van der Waals surface area contributed by atoms with Crippen molar-refractivity contribution in [2.75, 3.05) is 6.54 Å². The Morgan fingerprint density at radius 2 is 2.10 bits per heavy atom. The first kappa shape index (κ1) is 13.6. The van der Waals surface area contributed by atoms with Gasteiger partial charge in [0.2, 0.25) is 0 Å². The molecule has 0 bridgehead atoms. The van der Waals surface area contributed by atoms with Gasteiger partial charge in [-0.3, -0.25) is 0 Å². The molecule has 0 spiro atoms. The highest BCUT2D eigenvalue weighted by molar-refractivity contribution is 5.75. The summed E-state index contributed by atoms with van der Waals surface area (Å²) in [7, 11) is 0. The van der Waals surface area contributed by atoms with Crippen molar-refractivity contribution in [1.82, 2.24) is 30.3 Å². The zero-order valence-corrected chi connectivity index (χ0v) is 12.2. The fraction of sp³-hybridized carbons (Fsp3) is 0.333. The van der Waals surface area contributed by atoms with Gasteiger partial charge >= 0.3 is 0 Å². The zero-order chi connectivity index (χ0) is 14.7. The van der Waals surface area contributed by atoms with Crippen LogP contribution in [0.2, 0.25) is 0 Å². The summed E-state index contributed by atoms with van der Waals surface area (Å²) in [6.45, 7) is 5.93. The van der Waals surface area contributed by atoms with Crippen LogP contribution in [0.4, 0.5) is 0 Å². The summed E-state index contributed by atoms with van der Waals surface area (Å²) in [4.78, 5) is 8.97. The fourth-order valence-corrected chi connectivity index (χ4v) is 2.17. The van der Waals surface area contributed by atoms with Gasteiger partial charge in [0.25, 0.3) is 5.95 Å². The molecule has 108 valence electrons. The smallest absolute Gasteiger partial charge is 0.252 e. The number of para-hydroxylation sites is 1. The van der Waals surface area contributed by atoms with E-state index in [9.17, 15) is 0 Å². The van der Waals surface area contributed by atoms with Crippen LogP contribution in [0.3, 0.4) is 0 Å². The van der Waals surface area contributed by atoms with Crippen molar-refractivity contribution < 1.29 is 0 Å². The van der Waals surface area contributed by atoms with Gasteiger partial charge in [0, 0.05) is 24.0 Å². The van der Waals surface area contributed by atoms with Crippen LogP contribution >= 0.6 is 0 Å². The summed E-state index contributed by atoms with van der Waals surface area (Å²) < 4.78 is 1.67. The Balaban J connectivity index is 1.91. The van der Waals surface area contributed by atoms with Crippen LogP contribution in [0.25, 0.3) is 17.0 Å². The minimum Gasteiger partial charge on any atom is -0.313 e. The van der Waals surface area contributed by atoms with Crippen LogP contribution in [-0.2, 0) is 6.54 Å². The van der Waals surface area contributed by atoms with E-state index in [1.54, 1.807) is 4.68 Å². The van der Waals surface area contributed by atoms with E-state index in [2.05, 4.69) is 32.5 Å². The van der Waals surface area contributed by atoms with Crippen molar-refractivity contribution in [2.24, 2.45) is 0 Å². The Hall–Kier alpha value is -2.34. The van der Waals surface area contributed by atoms with Gasteiger partial charge in [0.15, 0.2) is 0 Å². The molecule has 0 aliphatic carbocycles. The summed E-state index contributed by atoms with van der Waals surface area (Å²) in [6, 6.07) is 7.79. The molecule has 0 aliphatic rings. The predicted octanol–water partition coefficient (Wildman–Crippen LogP) is 2.02. The van der Waals surface area contributed by atoms with E-state index in [1.807, 2.05) is 37.4 Å². The van der Waals surface area contributed by atoms with Crippen molar-refractivity contribution in [1.29, 1.82) is 0 Å². The van der Waals surface area contributed by atoms with Crippen molar-refractivity contribution in [3.8, 4) is 5.95 Å². The lowest BCUT2D eigenvalue weighted by Gasteiger charge is -2.07. The summed E-state index contributed by atoms with van der Waals surface area (Å²) >= 11 is 0.